The van der Waals surface area contributed by atoms with Crippen LogP contribution in [0.4, 0.5) is 0 Å². The van der Waals surface area contributed by atoms with E-state index in [-0.39, 0.29) is 0 Å². The van der Waals surface area contributed by atoms with Crippen molar-refractivity contribution in [1.29, 1.82) is 0 Å². The minimum atomic E-state index is 0.457. The molecule has 4 aromatic rings. The molecule has 2 aromatic heterocycles. The summed E-state index contributed by atoms with van der Waals surface area (Å²) in [6.45, 7) is 13.8. The maximum atomic E-state index is 5.02. The highest BCUT2D eigenvalue weighted by Gasteiger charge is 2.22. The third-order valence-corrected chi connectivity index (χ3v) is 7.07. The minimum absolute atomic E-state index is 0.457. The molecule has 0 spiro atoms. The molecular formula is C28H32N2S. The molecule has 0 saturated carbocycles. The van der Waals surface area contributed by atoms with Gasteiger partial charge in [-0.1, -0.05) is 102 Å². The summed E-state index contributed by atoms with van der Waals surface area (Å²) < 4.78 is 2.23. The van der Waals surface area contributed by atoms with Gasteiger partial charge in [0.2, 0.25) is 0 Å². The average Bonchev–Trinajstić information content (AvgIpc) is 3.12. The Morgan fingerprint density at radius 3 is 1.94 bits per heavy atom. The van der Waals surface area contributed by atoms with Crippen molar-refractivity contribution in [3.05, 3.63) is 83.6 Å². The molecule has 0 radical (unpaired) electrons. The summed E-state index contributed by atoms with van der Waals surface area (Å²) >= 11 is 1.88. The van der Waals surface area contributed by atoms with E-state index >= 15 is 0 Å². The molecule has 0 aliphatic carbocycles. The van der Waals surface area contributed by atoms with Crippen LogP contribution in [0.25, 0.3) is 16.9 Å². The normalized spacial score (nSPS) is 11.9. The predicted molar refractivity (Wildman–Crippen MR) is 133 cm³/mol. The molecule has 0 unspecified atom stereocenters. The summed E-state index contributed by atoms with van der Waals surface area (Å²) in [5, 5.41) is 1.18. The third kappa shape index (κ3) is 4.29. The van der Waals surface area contributed by atoms with Crippen molar-refractivity contribution < 1.29 is 0 Å². The van der Waals surface area contributed by atoms with Crippen molar-refractivity contribution in [1.82, 2.24) is 9.38 Å². The van der Waals surface area contributed by atoms with Crippen molar-refractivity contribution in [3.63, 3.8) is 0 Å². The number of pyridine rings is 1. The largest absolute Gasteiger partial charge is 0.294 e. The number of aromatic nitrogens is 2. The number of hydrogen-bond acceptors (Lipinski definition) is 2. The number of nitrogens with zero attached hydrogens (tertiary/aromatic N) is 2. The van der Waals surface area contributed by atoms with E-state index in [1.54, 1.807) is 0 Å². The van der Waals surface area contributed by atoms with Gasteiger partial charge in [-0.05, 0) is 46.6 Å². The van der Waals surface area contributed by atoms with Gasteiger partial charge in [-0.25, -0.2) is 4.98 Å². The Kier molecular flexibility index (Phi) is 6.24. The van der Waals surface area contributed by atoms with Gasteiger partial charge in [-0.3, -0.25) is 4.40 Å². The quantitative estimate of drug-likeness (QED) is 0.306. The first-order valence-corrected chi connectivity index (χ1v) is 12.1. The zero-order valence-electron chi connectivity index (χ0n) is 19.4. The van der Waals surface area contributed by atoms with Crippen LogP contribution < -0.4 is 0 Å². The molecule has 3 heteroatoms. The van der Waals surface area contributed by atoms with Crippen LogP contribution >= 0.6 is 11.8 Å². The molecule has 0 saturated heterocycles. The number of hydrogen-bond donors (Lipinski definition) is 0. The topological polar surface area (TPSA) is 17.3 Å². The van der Waals surface area contributed by atoms with E-state index in [1.807, 2.05) is 11.8 Å². The van der Waals surface area contributed by atoms with E-state index < -0.39 is 0 Å². The van der Waals surface area contributed by atoms with Crippen LogP contribution in [0, 0.1) is 0 Å². The first-order valence-electron chi connectivity index (χ1n) is 11.2. The molecule has 2 aromatic carbocycles. The van der Waals surface area contributed by atoms with Gasteiger partial charge in [0.05, 0.1) is 0 Å². The van der Waals surface area contributed by atoms with Crippen molar-refractivity contribution >= 4 is 17.4 Å². The third-order valence-electron chi connectivity index (χ3n) is 5.81. The van der Waals surface area contributed by atoms with Gasteiger partial charge >= 0.3 is 0 Å². The molecule has 0 amide bonds. The molecule has 160 valence electrons. The van der Waals surface area contributed by atoms with E-state index in [2.05, 4.69) is 113 Å². The molecule has 0 bridgehead atoms. The molecule has 0 N–H and O–H groups in total. The molecule has 0 aliphatic rings. The zero-order valence-corrected chi connectivity index (χ0v) is 20.2. The molecule has 2 nitrogen and oxygen atoms in total. The van der Waals surface area contributed by atoms with Crippen molar-refractivity contribution in [2.45, 2.75) is 69.2 Å². The van der Waals surface area contributed by atoms with E-state index in [0.29, 0.717) is 17.8 Å². The Bertz CT molecular complexity index is 1160. The fraction of sp³-hybridized carbons (Fsp3) is 0.321. The van der Waals surface area contributed by atoms with Crippen LogP contribution in [0.5, 0.6) is 0 Å². The minimum Gasteiger partial charge on any atom is -0.294 e. The van der Waals surface area contributed by atoms with Gasteiger partial charge in [-0.15, -0.1) is 0 Å². The highest BCUT2D eigenvalue weighted by Crippen LogP contribution is 2.44. The maximum Gasteiger partial charge on any atom is 0.138 e. The van der Waals surface area contributed by atoms with Crippen molar-refractivity contribution in [2.75, 3.05) is 0 Å². The predicted octanol–water partition coefficient (Wildman–Crippen LogP) is 8.52. The summed E-state index contributed by atoms with van der Waals surface area (Å²) in [7, 11) is 0. The Morgan fingerprint density at radius 1 is 0.742 bits per heavy atom. The van der Waals surface area contributed by atoms with Crippen LogP contribution in [0.2, 0.25) is 0 Å². The fourth-order valence-electron chi connectivity index (χ4n) is 3.96. The molecule has 31 heavy (non-hydrogen) atoms. The van der Waals surface area contributed by atoms with Gasteiger partial charge in [-0.2, -0.15) is 0 Å². The summed E-state index contributed by atoms with van der Waals surface area (Å²) in [6, 6.07) is 21.6. The smallest absolute Gasteiger partial charge is 0.138 e. The van der Waals surface area contributed by atoms with Crippen molar-refractivity contribution in [2.24, 2.45) is 0 Å². The second kappa shape index (κ2) is 8.92. The van der Waals surface area contributed by atoms with E-state index in [0.717, 1.165) is 16.9 Å². The highest BCUT2D eigenvalue weighted by atomic mass is 32.2. The molecule has 4 rings (SSSR count). The van der Waals surface area contributed by atoms with E-state index in [9.17, 15) is 0 Å². The first-order chi connectivity index (χ1) is 14.9. The van der Waals surface area contributed by atoms with Crippen LogP contribution in [0.3, 0.4) is 0 Å². The van der Waals surface area contributed by atoms with Gasteiger partial charge in [0.1, 0.15) is 16.4 Å². The lowest BCUT2D eigenvalue weighted by molar-refractivity contribution is 0.771. The lowest BCUT2D eigenvalue weighted by Gasteiger charge is -2.22. The summed E-state index contributed by atoms with van der Waals surface area (Å²) in [4.78, 5) is 6.40. The Morgan fingerprint density at radius 2 is 1.35 bits per heavy atom. The maximum absolute atomic E-state index is 5.02. The fourth-order valence-corrected chi connectivity index (χ4v) is 5.49. The lowest BCUT2D eigenvalue weighted by atomic mass is 9.89. The first kappa shape index (κ1) is 21.7. The molecule has 2 heterocycles. The van der Waals surface area contributed by atoms with Crippen molar-refractivity contribution in [3.8, 4) is 11.3 Å². The number of fused-ring (bicyclic) bond motifs is 1. The lowest BCUT2D eigenvalue weighted by Crippen LogP contribution is -2.03. The van der Waals surface area contributed by atoms with Crippen LogP contribution in [0.1, 0.15) is 76.0 Å². The number of rotatable bonds is 6. The van der Waals surface area contributed by atoms with E-state index in [1.165, 1.54) is 26.6 Å². The Hall–Kier alpha value is -2.52. The molecule has 0 fully saturated rings. The summed E-state index contributed by atoms with van der Waals surface area (Å²) in [5.41, 5.74) is 7.49. The summed E-state index contributed by atoms with van der Waals surface area (Å²) in [6.07, 6.45) is 2.13. The van der Waals surface area contributed by atoms with Gasteiger partial charge < -0.3 is 0 Å². The van der Waals surface area contributed by atoms with Gasteiger partial charge in [0, 0.05) is 16.7 Å². The standard InChI is InChI=1S/C28H32N2S/c1-18(2)22-16-23(19(3)4)27(24(17-22)20(5)6)31-28-26(21-12-8-7-9-13-21)29-25-14-10-11-15-30(25)28/h7-20H,1-6H3. The van der Waals surface area contributed by atoms with Crippen LogP contribution in [-0.2, 0) is 0 Å². The monoisotopic (exact) mass is 428 g/mol. The second-order valence-corrected chi connectivity index (χ2v) is 10.2. The number of benzene rings is 2. The Labute approximate surface area is 190 Å². The molecule has 0 atom stereocenters. The van der Waals surface area contributed by atoms with E-state index in [4.69, 9.17) is 4.98 Å². The van der Waals surface area contributed by atoms with Crippen LogP contribution in [-0.4, -0.2) is 9.38 Å². The average molecular weight is 429 g/mol. The zero-order chi connectivity index (χ0) is 22.1. The van der Waals surface area contributed by atoms with Crippen LogP contribution in [0.15, 0.2) is 76.8 Å². The summed E-state index contributed by atoms with van der Waals surface area (Å²) in [5.74, 6) is 1.43. The number of imidazole rings is 1. The SMILES string of the molecule is CC(C)c1cc(C(C)C)c(Sc2c(-c3ccccc3)nc3ccccn23)c(C(C)C)c1. The van der Waals surface area contributed by atoms with Gasteiger partial charge in [0.25, 0.3) is 0 Å². The molecule has 0 aliphatic heterocycles. The highest BCUT2D eigenvalue weighted by molar-refractivity contribution is 7.99. The Balaban J connectivity index is 1.96. The molecular weight excluding hydrogens is 396 g/mol. The van der Waals surface area contributed by atoms with Gasteiger partial charge in [0.15, 0.2) is 0 Å². The second-order valence-electron chi connectivity index (χ2n) is 9.16.